The molecule has 4 heteroatoms. The SMILES string of the molecule is CC(CC1CCCCC1)(N=C=O)N=C=O. The minimum atomic E-state index is -0.939. The highest BCUT2D eigenvalue weighted by Crippen LogP contribution is 2.32. The molecule has 0 heterocycles. The number of aliphatic imine (C=N–C) groups is 2. The molecular formula is C11H16N2O2. The van der Waals surface area contributed by atoms with E-state index in [1.54, 1.807) is 6.92 Å². The first kappa shape index (κ1) is 11.8. The third-order valence-corrected chi connectivity index (χ3v) is 2.97. The van der Waals surface area contributed by atoms with E-state index < -0.39 is 5.66 Å². The molecule has 0 aromatic heterocycles. The Morgan fingerprint density at radius 3 is 2.13 bits per heavy atom. The van der Waals surface area contributed by atoms with Crippen LogP contribution in [0.4, 0.5) is 0 Å². The lowest BCUT2D eigenvalue weighted by Crippen LogP contribution is -2.24. The molecule has 0 aliphatic heterocycles. The van der Waals surface area contributed by atoms with Crippen molar-refractivity contribution in [2.24, 2.45) is 15.9 Å². The molecule has 0 amide bonds. The van der Waals surface area contributed by atoms with E-state index in [1.807, 2.05) is 0 Å². The van der Waals surface area contributed by atoms with Crippen LogP contribution in [0.5, 0.6) is 0 Å². The molecule has 0 atom stereocenters. The Bertz CT molecular complexity index is 278. The largest absolute Gasteiger partial charge is 0.237 e. The van der Waals surface area contributed by atoms with Crippen molar-refractivity contribution < 1.29 is 9.59 Å². The molecule has 0 N–H and O–H groups in total. The Kier molecular flexibility index (Phi) is 4.41. The van der Waals surface area contributed by atoms with Gasteiger partial charge in [-0.05, 0) is 19.3 Å². The van der Waals surface area contributed by atoms with Crippen LogP contribution >= 0.6 is 0 Å². The summed E-state index contributed by atoms with van der Waals surface area (Å²) in [6, 6.07) is 0. The maximum absolute atomic E-state index is 10.3. The number of carbonyl (C=O) groups excluding carboxylic acids is 2. The fourth-order valence-electron chi connectivity index (χ4n) is 2.25. The van der Waals surface area contributed by atoms with Gasteiger partial charge < -0.3 is 0 Å². The summed E-state index contributed by atoms with van der Waals surface area (Å²) < 4.78 is 0. The van der Waals surface area contributed by atoms with Crippen LogP contribution in [0.15, 0.2) is 9.98 Å². The fraction of sp³-hybridized carbons (Fsp3) is 0.818. The van der Waals surface area contributed by atoms with E-state index >= 15 is 0 Å². The van der Waals surface area contributed by atoms with E-state index in [0.29, 0.717) is 12.3 Å². The Labute approximate surface area is 89.5 Å². The molecule has 0 aromatic rings. The quantitative estimate of drug-likeness (QED) is 0.526. The van der Waals surface area contributed by atoms with Crippen molar-refractivity contribution in [1.29, 1.82) is 0 Å². The van der Waals surface area contributed by atoms with Crippen molar-refractivity contribution in [3.05, 3.63) is 0 Å². The summed E-state index contributed by atoms with van der Waals surface area (Å²) in [4.78, 5) is 27.7. The highest BCUT2D eigenvalue weighted by molar-refractivity contribution is 5.38. The molecule has 0 radical (unpaired) electrons. The van der Waals surface area contributed by atoms with Gasteiger partial charge in [-0.2, -0.15) is 9.98 Å². The molecule has 1 fully saturated rings. The summed E-state index contributed by atoms with van der Waals surface area (Å²) in [5.41, 5.74) is -0.939. The molecule has 0 spiro atoms. The molecule has 15 heavy (non-hydrogen) atoms. The highest BCUT2D eigenvalue weighted by atomic mass is 16.1. The lowest BCUT2D eigenvalue weighted by atomic mass is 9.83. The summed E-state index contributed by atoms with van der Waals surface area (Å²) in [6.07, 6.45) is 9.61. The molecule has 0 bridgehead atoms. The first-order chi connectivity index (χ1) is 7.20. The number of rotatable bonds is 4. The van der Waals surface area contributed by atoms with E-state index in [2.05, 4.69) is 9.98 Å². The predicted octanol–water partition coefficient (Wildman–Crippen LogP) is 2.34. The van der Waals surface area contributed by atoms with Gasteiger partial charge in [0.05, 0.1) is 0 Å². The monoisotopic (exact) mass is 208 g/mol. The molecule has 0 aromatic carbocycles. The standard InChI is InChI=1S/C11H16N2O2/c1-11(12-8-14,13-9-15)7-10-5-3-2-4-6-10/h10H,2-7H2,1H3. The van der Waals surface area contributed by atoms with Gasteiger partial charge in [0, 0.05) is 0 Å². The average molecular weight is 208 g/mol. The molecule has 1 saturated carbocycles. The lowest BCUT2D eigenvalue weighted by Gasteiger charge is -2.26. The van der Waals surface area contributed by atoms with Crippen molar-refractivity contribution in [3.8, 4) is 0 Å². The van der Waals surface area contributed by atoms with Crippen LogP contribution in [0.25, 0.3) is 0 Å². The molecule has 1 rings (SSSR count). The molecule has 82 valence electrons. The lowest BCUT2D eigenvalue weighted by molar-refractivity contribution is 0.276. The third-order valence-electron chi connectivity index (χ3n) is 2.97. The number of hydrogen-bond acceptors (Lipinski definition) is 4. The first-order valence-electron chi connectivity index (χ1n) is 5.38. The van der Waals surface area contributed by atoms with Gasteiger partial charge in [-0.3, -0.25) is 0 Å². The molecule has 0 saturated heterocycles. The molecule has 0 unspecified atom stereocenters. The minimum Gasteiger partial charge on any atom is -0.211 e. The summed E-state index contributed by atoms with van der Waals surface area (Å²) in [7, 11) is 0. The highest BCUT2D eigenvalue weighted by Gasteiger charge is 2.28. The van der Waals surface area contributed by atoms with Gasteiger partial charge in [0.15, 0.2) is 5.66 Å². The van der Waals surface area contributed by atoms with Gasteiger partial charge in [-0.25, -0.2) is 9.59 Å². The minimum absolute atomic E-state index is 0.512. The zero-order valence-corrected chi connectivity index (χ0v) is 9.03. The predicted molar refractivity (Wildman–Crippen MR) is 55.8 cm³/mol. The van der Waals surface area contributed by atoms with E-state index in [4.69, 9.17) is 0 Å². The normalized spacial score (nSPS) is 20.9. The van der Waals surface area contributed by atoms with Gasteiger partial charge in [-0.15, -0.1) is 0 Å². The third kappa shape index (κ3) is 3.78. The van der Waals surface area contributed by atoms with Crippen LogP contribution in [0, 0.1) is 5.92 Å². The molecule has 1 aliphatic carbocycles. The summed E-state index contributed by atoms with van der Waals surface area (Å²) >= 11 is 0. The van der Waals surface area contributed by atoms with Gasteiger partial charge in [0.25, 0.3) is 0 Å². The van der Waals surface area contributed by atoms with Crippen LogP contribution in [-0.2, 0) is 9.59 Å². The van der Waals surface area contributed by atoms with Crippen LogP contribution in [0.2, 0.25) is 0 Å². The average Bonchev–Trinajstić information content (AvgIpc) is 2.19. The second-order valence-electron chi connectivity index (χ2n) is 4.33. The first-order valence-corrected chi connectivity index (χ1v) is 5.38. The van der Waals surface area contributed by atoms with E-state index in [9.17, 15) is 9.59 Å². The van der Waals surface area contributed by atoms with E-state index in [0.717, 1.165) is 12.8 Å². The summed E-state index contributed by atoms with van der Waals surface area (Å²) in [5.74, 6) is 0.512. The topological polar surface area (TPSA) is 58.9 Å². The zero-order chi connectivity index (χ0) is 11.1. The van der Waals surface area contributed by atoms with Gasteiger partial charge in [0.2, 0.25) is 12.2 Å². The smallest absolute Gasteiger partial charge is 0.211 e. The van der Waals surface area contributed by atoms with Gasteiger partial charge in [0.1, 0.15) is 0 Å². The van der Waals surface area contributed by atoms with Crippen LogP contribution in [-0.4, -0.2) is 17.8 Å². The van der Waals surface area contributed by atoms with E-state index in [-0.39, 0.29) is 0 Å². The Balaban J connectivity index is 2.64. The number of hydrogen-bond donors (Lipinski definition) is 0. The van der Waals surface area contributed by atoms with Crippen LogP contribution < -0.4 is 0 Å². The van der Waals surface area contributed by atoms with Crippen molar-refractivity contribution in [1.82, 2.24) is 0 Å². The Morgan fingerprint density at radius 1 is 1.13 bits per heavy atom. The second-order valence-corrected chi connectivity index (χ2v) is 4.33. The fourth-order valence-corrected chi connectivity index (χ4v) is 2.25. The van der Waals surface area contributed by atoms with Crippen molar-refractivity contribution in [3.63, 3.8) is 0 Å². The van der Waals surface area contributed by atoms with Gasteiger partial charge in [-0.1, -0.05) is 32.1 Å². The Morgan fingerprint density at radius 2 is 1.67 bits per heavy atom. The summed E-state index contributed by atoms with van der Waals surface area (Å²) in [6.45, 7) is 1.68. The second kappa shape index (κ2) is 5.59. The van der Waals surface area contributed by atoms with Gasteiger partial charge >= 0.3 is 0 Å². The van der Waals surface area contributed by atoms with Crippen molar-refractivity contribution in [2.75, 3.05) is 0 Å². The molecular weight excluding hydrogens is 192 g/mol. The van der Waals surface area contributed by atoms with Crippen LogP contribution in [0.1, 0.15) is 45.4 Å². The zero-order valence-electron chi connectivity index (χ0n) is 9.03. The maximum Gasteiger partial charge on any atom is 0.237 e. The van der Waals surface area contributed by atoms with Crippen molar-refractivity contribution in [2.45, 2.75) is 51.1 Å². The summed E-state index contributed by atoms with van der Waals surface area (Å²) in [5, 5.41) is 0. The Hall–Kier alpha value is -1.24. The number of nitrogens with zero attached hydrogens (tertiary/aromatic N) is 2. The number of isocyanates is 2. The molecule has 4 nitrogen and oxygen atoms in total. The van der Waals surface area contributed by atoms with E-state index in [1.165, 1.54) is 31.4 Å². The van der Waals surface area contributed by atoms with Crippen molar-refractivity contribution >= 4 is 12.2 Å². The molecule has 1 aliphatic rings. The maximum atomic E-state index is 10.3. The van der Waals surface area contributed by atoms with Crippen LogP contribution in [0.3, 0.4) is 0 Å².